The molecule has 0 saturated carbocycles. The van der Waals surface area contributed by atoms with E-state index in [1.807, 2.05) is 0 Å². The summed E-state index contributed by atoms with van der Waals surface area (Å²) in [7, 11) is 1.31. The number of esters is 2. The third-order valence-corrected chi connectivity index (χ3v) is 3.20. The molecule has 1 N–H and O–H groups in total. The van der Waals surface area contributed by atoms with E-state index in [0.717, 1.165) is 5.56 Å². The molecule has 0 radical (unpaired) electrons. The van der Waals surface area contributed by atoms with Crippen molar-refractivity contribution in [1.82, 2.24) is 0 Å². The Bertz CT molecular complexity index is 752. The van der Waals surface area contributed by atoms with Crippen molar-refractivity contribution in [2.45, 2.75) is 13.5 Å². The summed E-state index contributed by atoms with van der Waals surface area (Å²) in [6, 6.07) is 13.2. The molecule has 0 heterocycles. The Balaban J connectivity index is 2.03. The third kappa shape index (κ3) is 4.42. The van der Waals surface area contributed by atoms with E-state index in [-0.39, 0.29) is 18.1 Å². The molecule has 6 nitrogen and oxygen atoms in total. The molecule has 2 rings (SSSR count). The highest BCUT2D eigenvalue weighted by Gasteiger charge is 2.13. The Labute approximate surface area is 139 Å². The van der Waals surface area contributed by atoms with Crippen LogP contribution in [0.4, 0.5) is 5.69 Å². The molecule has 0 saturated heterocycles. The van der Waals surface area contributed by atoms with Gasteiger partial charge in [0.05, 0.1) is 23.9 Å². The van der Waals surface area contributed by atoms with E-state index in [4.69, 9.17) is 4.74 Å². The average molecular weight is 327 g/mol. The molecule has 2 aromatic carbocycles. The number of carbonyl (C=O) groups is 3. The van der Waals surface area contributed by atoms with Crippen LogP contribution < -0.4 is 5.32 Å². The van der Waals surface area contributed by atoms with Crippen molar-refractivity contribution in [3.05, 3.63) is 65.2 Å². The number of methoxy groups -OCH3 is 1. The summed E-state index contributed by atoms with van der Waals surface area (Å²) in [6.45, 7) is 1.42. The zero-order chi connectivity index (χ0) is 17.5. The number of benzene rings is 2. The number of hydrogen-bond acceptors (Lipinski definition) is 5. The highest BCUT2D eigenvalue weighted by Crippen LogP contribution is 2.17. The quantitative estimate of drug-likeness (QED) is 0.854. The van der Waals surface area contributed by atoms with E-state index in [1.165, 1.54) is 14.0 Å². The second kappa shape index (κ2) is 7.92. The van der Waals surface area contributed by atoms with E-state index < -0.39 is 11.9 Å². The number of para-hydroxylation sites is 1. The first kappa shape index (κ1) is 17.2. The van der Waals surface area contributed by atoms with Gasteiger partial charge in [-0.05, 0) is 29.8 Å². The van der Waals surface area contributed by atoms with Gasteiger partial charge in [-0.25, -0.2) is 9.59 Å². The Kier molecular flexibility index (Phi) is 5.68. The van der Waals surface area contributed by atoms with Gasteiger partial charge >= 0.3 is 11.9 Å². The topological polar surface area (TPSA) is 81.7 Å². The molecule has 0 aliphatic carbocycles. The van der Waals surface area contributed by atoms with Gasteiger partial charge in [0.25, 0.3) is 0 Å². The fourth-order valence-electron chi connectivity index (χ4n) is 2.04. The van der Waals surface area contributed by atoms with Gasteiger partial charge in [0.15, 0.2) is 0 Å². The summed E-state index contributed by atoms with van der Waals surface area (Å²) in [6.07, 6.45) is 0. The minimum absolute atomic E-state index is 0.0503. The monoisotopic (exact) mass is 327 g/mol. The number of nitrogens with one attached hydrogen (secondary N) is 1. The van der Waals surface area contributed by atoms with Crippen molar-refractivity contribution in [1.29, 1.82) is 0 Å². The Morgan fingerprint density at radius 2 is 1.62 bits per heavy atom. The van der Waals surface area contributed by atoms with Gasteiger partial charge in [-0.1, -0.05) is 24.3 Å². The lowest BCUT2D eigenvalue weighted by Gasteiger charge is -2.10. The number of anilines is 1. The predicted octanol–water partition coefficient (Wildman–Crippen LogP) is 2.79. The third-order valence-electron chi connectivity index (χ3n) is 3.20. The zero-order valence-corrected chi connectivity index (χ0v) is 13.4. The van der Waals surface area contributed by atoms with Crippen molar-refractivity contribution in [2.75, 3.05) is 12.4 Å². The summed E-state index contributed by atoms with van der Waals surface area (Å²) in [5.41, 5.74) is 1.83. The Morgan fingerprint density at radius 1 is 0.958 bits per heavy atom. The first-order chi connectivity index (χ1) is 11.5. The highest BCUT2D eigenvalue weighted by atomic mass is 16.5. The molecule has 0 aromatic heterocycles. The Morgan fingerprint density at radius 3 is 2.25 bits per heavy atom. The summed E-state index contributed by atoms with van der Waals surface area (Å²) < 4.78 is 9.87. The van der Waals surface area contributed by atoms with Crippen LogP contribution in [0.1, 0.15) is 33.2 Å². The molecule has 0 atom stereocenters. The maximum atomic E-state index is 12.2. The van der Waals surface area contributed by atoms with Gasteiger partial charge in [-0.2, -0.15) is 0 Å². The van der Waals surface area contributed by atoms with Gasteiger partial charge in [-0.3, -0.25) is 4.79 Å². The molecule has 0 aliphatic heterocycles. The molecule has 0 spiro atoms. The molecule has 124 valence electrons. The molecule has 0 bridgehead atoms. The minimum Gasteiger partial charge on any atom is -0.465 e. The maximum Gasteiger partial charge on any atom is 0.340 e. The second-order valence-electron chi connectivity index (χ2n) is 4.99. The standard InChI is InChI=1S/C18H17NO5/c1-12(20)19-16-6-4-3-5-15(16)18(22)24-11-13-7-9-14(10-8-13)17(21)23-2/h3-10H,11H2,1-2H3,(H,19,20). The SMILES string of the molecule is COC(=O)c1ccc(COC(=O)c2ccccc2NC(C)=O)cc1. The van der Waals surface area contributed by atoms with Crippen LogP contribution in [0.5, 0.6) is 0 Å². The number of amides is 1. The summed E-state index contributed by atoms with van der Waals surface area (Å²) >= 11 is 0. The van der Waals surface area contributed by atoms with Gasteiger partial charge < -0.3 is 14.8 Å². The molecule has 1 amide bonds. The van der Waals surface area contributed by atoms with Crippen molar-refractivity contribution >= 4 is 23.5 Å². The van der Waals surface area contributed by atoms with Crippen molar-refractivity contribution in [2.24, 2.45) is 0 Å². The molecule has 24 heavy (non-hydrogen) atoms. The second-order valence-corrected chi connectivity index (χ2v) is 4.99. The van der Waals surface area contributed by atoms with Crippen LogP contribution in [0, 0.1) is 0 Å². The van der Waals surface area contributed by atoms with Crippen LogP contribution in [0.2, 0.25) is 0 Å². The minimum atomic E-state index is -0.545. The number of hydrogen-bond donors (Lipinski definition) is 1. The normalized spacial score (nSPS) is 9.92. The molecule has 0 fully saturated rings. The van der Waals surface area contributed by atoms with Crippen LogP contribution in [-0.2, 0) is 20.9 Å². The smallest absolute Gasteiger partial charge is 0.340 e. The lowest BCUT2D eigenvalue weighted by atomic mass is 10.1. The van der Waals surface area contributed by atoms with Crippen LogP contribution in [0.3, 0.4) is 0 Å². The summed E-state index contributed by atoms with van der Waals surface area (Å²) in [4.78, 5) is 34.7. The molecular weight excluding hydrogens is 310 g/mol. The molecule has 2 aromatic rings. The van der Waals surface area contributed by atoms with Crippen molar-refractivity contribution in [3.63, 3.8) is 0 Å². The van der Waals surface area contributed by atoms with Crippen molar-refractivity contribution < 1.29 is 23.9 Å². The lowest BCUT2D eigenvalue weighted by Crippen LogP contribution is -2.12. The van der Waals surface area contributed by atoms with Crippen molar-refractivity contribution in [3.8, 4) is 0 Å². The largest absolute Gasteiger partial charge is 0.465 e. The molecule has 0 unspecified atom stereocenters. The summed E-state index contributed by atoms with van der Waals surface area (Å²) in [5, 5.41) is 2.59. The van der Waals surface area contributed by atoms with Gasteiger partial charge in [0.1, 0.15) is 6.61 Å². The first-order valence-corrected chi connectivity index (χ1v) is 7.22. The van der Waals surface area contributed by atoms with Gasteiger partial charge in [0, 0.05) is 6.92 Å². The van der Waals surface area contributed by atoms with E-state index >= 15 is 0 Å². The zero-order valence-electron chi connectivity index (χ0n) is 13.4. The van der Waals surface area contributed by atoms with Crippen LogP contribution >= 0.6 is 0 Å². The summed E-state index contributed by atoms with van der Waals surface area (Å²) in [5.74, 6) is -1.24. The number of carbonyl (C=O) groups excluding carboxylic acids is 3. The van der Waals surface area contributed by atoms with Crippen LogP contribution in [-0.4, -0.2) is 25.0 Å². The fraction of sp³-hybridized carbons (Fsp3) is 0.167. The average Bonchev–Trinajstić information content (AvgIpc) is 2.59. The van der Waals surface area contributed by atoms with E-state index in [0.29, 0.717) is 11.3 Å². The fourth-order valence-corrected chi connectivity index (χ4v) is 2.04. The van der Waals surface area contributed by atoms with Crippen LogP contribution in [0.25, 0.3) is 0 Å². The number of ether oxygens (including phenoxy) is 2. The highest BCUT2D eigenvalue weighted by molar-refractivity contribution is 6.00. The lowest BCUT2D eigenvalue weighted by molar-refractivity contribution is -0.114. The van der Waals surface area contributed by atoms with E-state index in [1.54, 1.807) is 48.5 Å². The van der Waals surface area contributed by atoms with E-state index in [9.17, 15) is 14.4 Å². The van der Waals surface area contributed by atoms with E-state index in [2.05, 4.69) is 10.1 Å². The molecule has 0 aliphatic rings. The van der Waals surface area contributed by atoms with Crippen LogP contribution in [0.15, 0.2) is 48.5 Å². The first-order valence-electron chi connectivity index (χ1n) is 7.22. The number of rotatable bonds is 5. The molecule has 6 heteroatoms. The predicted molar refractivity (Wildman–Crippen MR) is 87.6 cm³/mol. The Hall–Kier alpha value is -3.15. The van der Waals surface area contributed by atoms with Gasteiger partial charge in [-0.15, -0.1) is 0 Å². The van der Waals surface area contributed by atoms with Gasteiger partial charge in [0.2, 0.25) is 5.91 Å². The maximum absolute atomic E-state index is 12.2. The molecular formula is C18H17NO5.